The maximum atomic E-state index is 6.53. The van der Waals surface area contributed by atoms with Crippen molar-refractivity contribution in [1.82, 2.24) is 15.0 Å². The first kappa shape index (κ1) is 34.8. The van der Waals surface area contributed by atoms with Crippen molar-refractivity contribution in [2.24, 2.45) is 0 Å². The van der Waals surface area contributed by atoms with Crippen LogP contribution in [-0.4, -0.2) is 15.0 Å². The number of aromatic nitrogens is 3. The van der Waals surface area contributed by atoms with Crippen molar-refractivity contribution in [2.75, 3.05) is 0 Å². The Kier molecular flexibility index (Phi) is 8.13. The van der Waals surface area contributed by atoms with Gasteiger partial charge in [0.25, 0.3) is 0 Å². The number of benzene rings is 10. The van der Waals surface area contributed by atoms with Gasteiger partial charge >= 0.3 is 0 Å². The molecule has 0 unspecified atom stereocenters. The van der Waals surface area contributed by atoms with E-state index >= 15 is 0 Å². The van der Waals surface area contributed by atoms with Crippen molar-refractivity contribution in [3.05, 3.63) is 212 Å². The fourth-order valence-corrected chi connectivity index (χ4v) is 8.99. The van der Waals surface area contributed by atoms with E-state index in [9.17, 15) is 0 Å². The molecule has 0 amide bonds. The fraction of sp³-hybridized carbons (Fsp3) is 0. The molecule has 2 aromatic heterocycles. The van der Waals surface area contributed by atoms with E-state index in [2.05, 4.69) is 188 Å². The minimum atomic E-state index is 0.590. The van der Waals surface area contributed by atoms with Crippen molar-refractivity contribution < 1.29 is 4.42 Å². The lowest BCUT2D eigenvalue weighted by Crippen LogP contribution is -2.01. The van der Waals surface area contributed by atoms with Crippen molar-refractivity contribution >= 4 is 54.3 Å². The van der Waals surface area contributed by atoms with Crippen molar-refractivity contribution in [3.63, 3.8) is 0 Å². The topological polar surface area (TPSA) is 51.8 Å². The summed E-state index contributed by atoms with van der Waals surface area (Å²) in [5, 5.41) is 9.56. The molecule has 0 aliphatic rings. The SMILES string of the molecule is c1ccc(-c2ccc(-c3nc(-c4ccc(-c5c6ccccc6cc6c5ccc5ccccc56)cc4)nc(-c4ccccc4-c4cccc5c4oc4ccccc45)n3)cc2)cc1. The maximum Gasteiger partial charge on any atom is 0.164 e. The lowest BCUT2D eigenvalue weighted by Gasteiger charge is -2.15. The molecule has 0 N–H and O–H groups in total. The molecule has 0 bridgehead atoms. The first-order valence-corrected chi connectivity index (χ1v) is 20.6. The van der Waals surface area contributed by atoms with Gasteiger partial charge in [0.1, 0.15) is 11.2 Å². The quantitative estimate of drug-likeness (QED) is 0.125. The average Bonchev–Trinajstić information content (AvgIpc) is 3.73. The predicted octanol–water partition coefficient (Wildman–Crippen LogP) is 15.2. The summed E-state index contributed by atoms with van der Waals surface area (Å²) in [7, 11) is 0. The van der Waals surface area contributed by atoms with Crippen LogP contribution < -0.4 is 0 Å². The van der Waals surface area contributed by atoms with Crippen molar-refractivity contribution in [3.8, 4) is 67.5 Å². The summed E-state index contributed by atoms with van der Waals surface area (Å²) in [6, 6.07) is 74.6. The monoisotopic (exact) mass is 777 g/mol. The molecule has 10 aromatic carbocycles. The number of hydrogen-bond donors (Lipinski definition) is 0. The third-order valence-corrected chi connectivity index (χ3v) is 11.9. The van der Waals surface area contributed by atoms with Gasteiger partial charge in [0, 0.05) is 33.0 Å². The van der Waals surface area contributed by atoms with E-state index in [1.54, 1.807) is 0 Å². The summed E-state index contributed by atoms with van der Waals surface area (Å²) in [6.07, 6.45) is 0. The molecule has 0 fully saturated rings. The highest BCUT2D eigenvalue weighted by molar-refractivity contribution is 6.20. The van der Waals surface area contributed by atoms with Gasteiger partial charge in [-0.2, -0.15) is 0 Å². The molecular formula is C57H35N3O. The molecule has 284 valence electrons. The van der Waals surface area contributed by atoms with Crippen molar-refractivity contribution in [2.45, 2.75) is 0 Å². The van der Waals surface area contributed by atoms with E-state index in [1.807, 2.05) is 24.3 Å². The zero-order valence-corrected chi connectivity index (χ0v) is 33.0. The molecule has 4 nitrogen and oxygen atoms in total. The molecule has 0 atom stereocenters. The molecule has 0 aliphatic carbocycles. The van der Waals surface area contributed by atoms with Gasteiger partial charge < -0.3 is 4.42 Å². The number of furan rings is 1. The third kappa shape index (κ3) is 5.96. The molecule has 0 aliphatic heterocycles. The van der Waals surface area contributed by atoms with E-state index in [-0.39, 0.29) is 0 Å². The van der Waals surface area contributed by atoms with Crippen LogP contribution in [0.3, 0.4) is 0 Å². The number of fused-ring (bicyclic) bond motifs is 7. The smallest absolute Gasteiger partial charge is 0.164 e. The number of hydrogen-bond acceptors (Lipinski definition) is 4. The summed E-state index contributed by atoms with van der Waals surface area (Å²) in [6.45, 7) is 0. The Morgan fingerprint density at radius 3 is 1.59 bits per heavy atom. The van der Waals surface area contributed by atoms with Gasteiger partial charge in [-0.05, 0) is 72.3 Å². The van der Waals surface area contributed by atoms with Crippen LogP contribution in [0.5, 0.6) is 0 Å². The van der Waals surface area contributed by atoms with Crippen LogP contribution >= 0.6 is 0 Å². The van der Waals surface area contributed by atoms with Crippen LogP contribution in [0.15, 0.2) is 217 Å². The van der Waals surface area contributed by atoms with Crippen LogP contribution in [0.2, 0.25) is 0 Å². The van der Waals surface area contributed by atoms with Crippen LogP contribution in [0.4, 0.5) is 0 Å². The summed E-state index contributed by atoms with van der Waals surface area (Å²) in [5.74, 6) is 1.79. The zero-order chi connectivity index (χ0) is 40.3. The Balaban J connectivity index is 1.02. The molecule has 0 radical (unpaired) electrons. The maximum absolute atomic E-state index is 6.53. The molecule has 61 heavy (non-hydrogen) atoms. The van der Waals surface area contributed by atoms with E-state index in [0.717, 1.165) is 66.4 Å². The highest BCUT2D eigenvalue weighted by Crippen LogP contribution is 2.42. The van der Waals surface area contributed by atoms with Gasteiger partial charge in [-0.15, -0.1) is 0 Å². The van der Waals surface area contributed by atoms with Crippen LogP contribution in [-0.2, 0) is 0 Å². The molecular weight excluding hydrogens is 743 g/mol. The molecule has 4 heteroatoms. The lowest BCUT2D eigenvalue weighted by atomic mass is 9.89. The Bertz CT molecular complexity index is 3630. The van der Waals surface area contributed by atoms with Gasteiger partial charge in [-0.3, -0.25) is 0 Å². The zero-order valence-electron chi connectivity index (χ0n) is 33.0. The van der Waals surface area contributed by atoms with Crippen LogP contribution in [0.1, 0.15) is 0 Å². The second kappa shape index (κ2) is 14.3. The summed E-state index contributed by atoms with van der Waals surface area (Å²) in [5.41, 5.74) is 11.0. The van der Waals surface area contributed by atoms with Gasteiger partial charge in [0.05, 0.1) is 0 Å². The predicted molar refractivity (Wildman–Crippen MR) is 252 cm³/mol. The number of para-hydroxylation sites is 2. The highest BCUT2D eigenvalue weighted by atomic mass is 16.3. The van der Waals surface area contributed by atoms with Gasteiger partial charge in [-0.1, -0.05) is 200 Å². The summed E-state index contributed by atoms with van der Waals surface area (Å²) >= 11 is 0. The van der Waals surface area contributed by atoms with Gasteiger partial charge in [0.2, 0.25) is 0 Å². The Morgan fingerprint density at radius 1 is 0.279 bits per heavy atom. The van der Waals surface area contributed by atoms with Gasteiger partial charge in [0.15, 0.2) is 17.5 Å². The molecule has 0 saturated carbocycles. The average molecular weight is 778 g/mol. The first-order chi connectivity index (χ1) is 30.2. The van der Waals surface area contributed by atoms with E-state index in [4.69, 9.17) is 19.4 Å². The largest absolute Gasteiger partial charge is 0.455 e. The summed E-state index contributed by atoms with van der Waals surface area (Å²) < 4.78 is 6.53. The first-order valence-electron chi connectivity index (χ1n) is 20.6. The number of nitrogens with zero attached hydrogens (tertiary/aromatic N) is 3. The highest BCUT2D eigenvalue weighted by Gasteiger charge is 2.20. The second-order valence-corrected chi connectivity index (χ2v) is 15.5. The van der Waals surface area contributed by atoms with Crippen molar-refractivity contribution in [1.29, 1.82) is 0 Å². The third-order valence-electron chi connectivity index (χ3n) is 11.9. The van der Waals surface area contributed by atoms with E-state index in [0.29, 0.717) is 17.5 Å². The normalized spacial score (nSPS) is 11.6. The summed E-state index contributed by atoms with van der Waals surface area (Å²) in [4.78, 5) is 15.7. The van der Waals surface area contributed by atoms with Crippen LogP contribution in [0, 0.1) is 0 Å². The Morgan fingerprint density at radius 2 is 0.820 bits per heavy atom. The molecule has 2 heterocycles. The second-order valence-electron chi connectivity index (χ2n) is 15.5. The lowest BCUT2D eigenvalue weighted by molar-refractivity contribution is 0.670. The Hall–Kier alpha value is -8.21. The fourth-order valence-electron chi connectivity index (χ4n) is 8.99. The molecule has 0 spiro atoms. The minimum absolute atomic E-state index is 0.590. The molecule has 12 rings (SSSR count). The Labute approximate surface area is 352 Å². The standard InChI is InChI=1S/C57H35N3O/c1-2-13-36(14-3-1)37-25-29-40(30-26-37)55-58-56(60-57(59-55)50-21-9-8-19-45(50)48-22-12-23-49-46-20-10-11-24-52(46)61-54(48)49)41-31-27-39(28-32-41)53-44-18-7-5-16-42(44)35-51-43-17-6-4-15-38(43)33-34-47(51)53/h1-35H. The number of rotatable bonds is 6. The van der Waals surface area contributed by atoms with Gasteiger partial charge in [-0.25, -0.2) is 15.0 Å². The molecule has 0 saturated heterocycles. The van der Waals surface area contributed by atoms with E-state index in [1.165, 1.54) is 37.9 Å². The molecule has 12 aromatic rings. The van der Waals surface area contributed by atoms with E-state index < -0.39 is 0 Å². The minimum Gasteiger partial charge on any atom is -0.455 e. The van der Waals surface area contributed by atoms with Crippen LogP contribution in [0.25, 0.3) is 122 Å².